The van der Waals surface area contributed by atoms with E-state index in [2.05, 4.69) is 5.32 Å². The highest BCUT2D eigenvalue weighted by Crippen LogP contribution is 2.29. The van der Waals surface area contributed by atoms with Crippen molar-refractivity contribution in [3.05, 3.63) is 0 Å². The summed E-state index contributed by atoms with van der Waals surface area (Å²) in [5, 5.41) is 11.9. The van der Waals surface area contributed by atoms with Gasteiger partial charge in [0.2, 0.25) is 5.91 Å². The van der Waals surface area contributed by atoms with Gasteiger partial charge in [-0.3, -0.25) is 9.59 Å². The lowest BCUT2D eigenvalue weighted by Gasteiger charge is -2.28. The van der Waals surface area contributed by atoms with Crippen LogP contribution in [0, 0.1) is 11.8 Å². The van der Waals surface area contributed by atoms with Crippen LogP contribution in [0.15, 0.2) is 0 Å². The predicted molar refractivity (Wildman–Crippen MR) is 64.4 cm³/mol. The van der Waals surface area contributed by atoms with Gasteiger partial charge >= 0.3 is 5.97 Å². The topological polar surface area (TPSA) is 92.4 Å². The van der Waals surface area contributed by atoms with Gasteiger partial charge in [-0.2, -0.15) is 0 Å². The smallest absolute Gasteiger partial charge is 0.306 e. The Kier molecular flexibility index (Phi) is 5.97. The Bertz CT molecular complexity index is 268. The molecule has 2 unspecified atom stereocenters. The molecule has 0 saturated heterocycles. The van der Waals surface area contributed by atoms with Crippen LogP contribution >= 0.6 is 0 Å². The van der Waals surface area contributed by atoms with Crippen LogP contribution in [0.2, 0.25) is 0 Å². The van der Waals surface area contributed by atoms with E-state index in [1.165, 1.54) is 0 Å². The summed E-state index contributed by atoms with van der Waals surface area (Å²) >= 11 is 0. The Balaban J connectivity index is 2.32. The van der Waals surface area contributed by atoms with Gasteiger partial charge in [-0.25, -0.2) is 0 Å². The van der Waals surface area contributed by atoms with E-state index in [1.807, 2.05) is 0 Å². The molecule has 0 aromatic heterocycles. The van der Waals surface area contributed by atoms with Gasteiger partial charge in [0.25, 0.3) is 0 Å². The summed E-state index contributed by atoms with van der Waals surface area (Å²) in [7, 11) is 0. The Hall–Kier alpha value is -1.10. The van der Waals surface area contributed by atoms with Gasteiger partial charge in [-0.05, 0) is 31.7 Å². The molecule has 2 atom stereocenters. The van der Waals surface area contributed by atoms with Crippen LogP contribution in [-0.2, 0) is 9.59 Å². The average molecular weight is 242 g/mol. The van der Waals surface area contributed by atoms with Crippen LogP contribution in [0.3, 0.4) is 0 Å². The number of nitrogens with two attached hydrogens (primary N) is 1. The van der Waals surface area contributed by atoms with Gasteiger partial charge in [-0.1, -0.05) is 12.8 Å². The average Bonchev–Trinajstić information content (AvgIpc) is 2.34. The van der Waals surface area contributed by atoms with Crippen molar-refractivity contribution in [2.24, 2.45) is 17.6 Å². The highest BCUT2D eigenvalue weighted by molar-refractivity contribution is 5.76. The third-order valence-electron chi connectivity index (χ3n) is 3.40. The molecular weight excluding hydrogens is 220 g/mol. The number of carboxylic acids is 1. The summed E-state index contributed by atoms with van der Waals surface area (Å²) in [6.07, 6.45) is 4.79. The molecule has 5 heteroatoms. The Morgan fingerprint density at radius 3 is 2.65 bits per heavy atom. The lowest BCUT2D eigenvalue weighted by atomic mass is 9.79. The molecule has 1 amide bonds. The second kappa shape index (κ2) is 7.27. The second-order valence-electron chi connectivity index (χ2n) is 4.69. The maximum atomic E-state index is 11.4. The SMILES string of the molecule is NCCCC(=O)NCC1CCCCC1C(=O)O. The molecule has 0 bridgehead atoms. The molecule has 5 nitrogen and oxygen atoms in total. The van der Waals surface area contributed by atoms with Crippen molar-refractivity contribution in [2.45, 2.75) is 38.5 Å². The minimum atomic E-state index is -0.731. The second-order valence-corrected chi connectivity index (χ2v) is 4.69. The maximum Gasteiger partial charge on any atom is 0.306 e. The van der Waals surface area contributed by atoms with E-state index in [0.717, 1.165) is 25.7 Å². The van der Waals surface area contributed by atoms with Crippen molar-refractivity contribution >= 4 is 11.9 Å². The van der Waals surface area contributed by atoms with Crippen molar-refractivity contribution < 1.29 is 14.7 Å². The fourth-order valence-corrected chi connectivity index (χ4v) is 2.37. The molecule has 98 valence electrons. The zero-order chi connectivity index (χ0) is 12.7. The van der Waals surface area contributed by atoms with Crippen molar-refractivity contribution in [3.63, 3.8) is 0 Å². The van der Waals surface area contributed by atoms with Gasteiger partial charge < -0.3 is 16.2 Å². The van der Waals surface area contributed by atoms with Crippen molar-refractivity contribution in [2.75, 3.05) is 13.1 Å². The summed E-state index contributed by atoms with van der Waals surface area (Å²) in [6.45, 7) is 0.995. The fraction of sp³-hybridized carbons (Fsp3) is 0.833. The molecule has 0 radical (unpaired) electrons. The number of carbonyl (C=O) groups excluding carboxylic acids is 1. The van der Waals surface area contributed by atoms with E-state index in [4.69, 9.17) is 10.8 Å². The highest BCUT2D eigenvalue weighted by Gasteiger charge is 2.30. The quantitative estimate of drug-likeness (QED) is 0.640. The number of hydrogen-bond donors (Lipinski definition) is 3. The number of nitrogens with one attached hydrogen (secondary N) is 1. The Morgan fingerprint density at radius 2 is 2.00 bits per heavy atom. The molecule has 4 N–H and O–H groups in total. The summed E-state index contributed by atoms with van der Waals surface area (Å²) in [6, 6.07) is 0. The first-order valence-corrected chi connectivity index (χ1v) is 6.34. The van der Waals surface area contributed by atoms with Crippen LogP contribution in [0.1, 0.15) is 38.5 Å². The summed E-state index contributed by atoms with van der Waals surface area (Å²) in [5.74, 6) is -0.960. The third-order valence-corrected chi connectivity index (χ3v) is 3.40. The molecule has 0 aliphatic heterocycles. The Labute approximate surface area is 102 Å². The van der Waals surface area contributed by atoms with Crippen LogP contribution in [0.25, 0.3) is 0 Å². The summed E-state index contributed by atoms with van der Waals surface area (Å²) < 4.78 is 0. The number of aliphatic carboxylic acids is 1. The van der Waals surface area contributed by atoms with Gasteiger partial charge in [0.05, 0.1) is 5.92 Å². The fourth-order valence-electron chi connectivity index (χ4n) is 2.37. The number of carboxylic acid groups (broad SMARTS) is 1. The van der Waals surface area contributed by atoms with E-state index in [0.29, 0.717) is 25.9 Å². The predicted octanol–water partition coefficient (Wildman–Crippen LogP) is 0.732. The zero-order valence-corrected chi connectivity index (χ0v) is 10.2. The van der Waals surface area contributed by atoms with Gasteiger partial charge in [0.1, 0.15) is 0 Å². The molecular formula is C12H22N2O3. The molecule has 0 aromatic carbocycles. The minimum Gasteiger partial charge on any atom is -0.481 e. The summed E-state index contributed by atoms with van der Waals surface area (Å²) in [5.41, 5.74) is 5.32. The van der Waals surface area contributed by atoms with Gasteiger partial charge in [0.15, 0.2) is 0 Å². The Morgan fingerprint density at radius 1 is 1.29 bits per heavy atom. The molecule has 0 aromatic rings. The molecule has 0 heterocycles. The number of amides is 1. The normalized spacial score (nSPS) is 24.3. The van der Waals surface area contributed by atoms with Crippen LogP contribution in [0.5, 0.6) is 0 Å². The third kappa shape index (κ3) is 4.73. The lowest BCUT2D eigenvalue weighted by molar-refractivity contribution is -0.145. The van der Waals surface area contributed by atoms with Crippen molar-refractivity contribution in [3.8, 4) is 0 Å². The van der Waals surface area contributed by atoms with E-state index in [1.54, 1.807) is 0 Å². The summed E-state index contributed by atoms with van der Waals surface area (Å²) in [4.78, 5) is 22.5. The zero-order valence-electron chi connectivity index (χ0n) is 10.2. The van der Waals surface area contributed by atoms with E-state index in [9.17, 15) is 9.59 Å². The first-order chi connectivity index (χ1) is 8.15. The highest BCUT2D eigenvalue weighted by atomic mass is 16.4. The number of hydrogen-bond acceptors (Lipinski definition) is 3. The van der Waals surface area contributed by atoms with E-state index in [-0.39, 0.29) is 17.7 Å². The molecule has 1 aliphatic carbocycles. The maximum absolute atomic E-state index is 11.4. The van der Waals surface area contributed by atoms with Gasteiger partial charge in [-0.15, -0.1) is 0 Å². The first kappa shape index (κ1) is 14.0. The molecule has 17 heavy (non-hydrogen) atoms. The number of carbonyl (C=O) groups is 2. The molecule has 1 aliphatic rings. The molecule has 1 rings (SSSR count). The number of rotatable bonds is 6. The van der Waals surface area contributed by atoms with Crippen LogP contribution in [-0.4, -0.2) is 30.1 Å². The standard InChI is InChI=1S/C12H22N2O3/c13-7-3-6-11(15)14-8-9-4-1-2-5-10(9)12(16)17/h9-10H,1-8,13H2,(H,14,15)(H,16,17). The van der Waals surface area contributed by atoms with Gasteiger partial charge in [0, 0.05) is 13.0 Å². The van der Waals surface area contributed by atoms with Crippen LogP contribution in [0.4, 0.5) is 0 Å². The molecule has 1 fully saturated rings. The van der Waals surface area contributed by atoms with Crippen molar-refractivity contribution in [1.82, 2.24) is 5.32 Å². The monoisotopic (exact) mass is 242 g/mol. The lowest BCUT2D eigenvalue weighted by Crippen LogP contribution is -2.37. The molecule has 0 spiro atoms. The van der Waals surface area contributed by atoms with E-state index < -0.39 is 5.97 Å². The first-order valence-electron chi connectivity index (χ1n) is 6.34. The van der Waals surface area contributed by atoms with Crippen molar-refractivity contribution in [1.29, 1.82) is 0 Å². The molecule has 1 saturated carbocycles. The van der Waals surface area contributed by atoms with Crippen LogP contribution < -0.4 is 11.1 Å². The van der Waals surface area contributed by atoms with E-state index >= 15 is 0 Å². The largest absolute Gasteiger partial charge is 0.481 e. The minimum absolute atomic E-state index is 0.0230.